The predicted molar refractivity (Wildman–Crippen MR) is 84.4 cm³/mol. The molecule has 3 rings (SSSR count). The van der Waals surface area contributed by atoms with Gasteiger partial charge in [0, 0.05) is 12.6 Å². The Hall–Kier alpha value is -2.40. The maximum Gasteiger partial charge on any atom is 0.331 e. The molecule has 0 bridgehead atoms. The Bertz CT molecular complexity index is 897. The number of fused-ring (bicyclic) bond motifs is 1. The van der Waals surface area contributed by atoms with E-state index >= 15 is 0 Å². The maximum atomic E-state index is 12.7. The Kier molecular flexibility index (Phi) is 4.05. The molecule has 0 spiro atoms. The highest BCUT2D eigenvalue weighted by Crippen LogP contribution is 2.30. The number of nitrogens with one attached hydrogen (secondary N) is 1. The summed E-state index contributed by atoms with van der Waals surface area (Å²) in [5.74, 6) is 0.0312. The van der Waals surface area contributed by atoms with Crippen LogP contribution >= 0.6 is 0 Å². The third-order valence-electron chi connectivity index (χ3n) is 4.06. The van der Waals surface area contributed by atoms with E-state index in [1.807, 2.05) is 0 Å². The van der Waals surface area contributed by atoms with Crippen molar-refractivity contribution in [1.82, 2.24) is 14.1 Å². The van der Waals surface area contributed by atoms with Gasteiger partial charge in [0.2, 0.25) is 0 Å². The summed E-state index contributed by atoms with van der Waals surface area (Å²) in [6, 6.07) is 1.37. The van der Waals surface area contributed by atoms with E-state index in [1.165, 1.54) is 12.1 Å². The number of imidazole rings is 1. The summed E-state index contributed by atoms with van der Waals surface area (Å²) < 4.78 is 7.61. The molecule has 0 radical (unpaired) electrons. The molecule has 1 saturated heterocycles. The number of H-pyrrole nitrogens is 1. The first-order valence-electron chi connectivity index (χ1n) is 7.27. The maximum absolute atomic E-state index is 12.7. The van der Waals surface area contributed by atoms with Gasteiger partial charge in [-0.3, -0.25) is 13.9 Å². The Labute approximate surface area is 135 Å². The summed E-state index contributed by atoms with van der Waals surface area (Å²) >= 11 is 0. The van der Waals surface area contributed by atoms with Gasteiger partial charge in [-0.1, -0.05) is 6.08 Å². The lowest BCUT2D eigenvalue weighted by Gasteiger charge is -2.16. The van der Waals surface area contributed by atoms with E-state index in [-0.39, 0.29) is 23.4 Å². The van der Waals surface area contributed by atoms with Gasteiger partial charge in [0.1, 0.15) is 29.6 Å². The fourth-order valence-corrected chi connectivity index (χ4v) is 2.97. The molecule has 6 N–H and O–H groups in total. The first-order chi connectivity index (χ1) is 11.4. The second kappa shape index (κ2) is 5.91. The van der Waals surface area contributed by atoms with Crippen molar-refractivity contribution in [2.75, 3.05) is 12.3 Å². The van der Waals surface area contributed by atoms with Gasteiger partial charge >= 0.3 is 5.69 Å². The van der Waals surface area contributed by atoms with Crippen LogP contribution in [0.25, 0.3) is 11.0 Å². The van der Waals surface area contributed by atoms with Gasteiger partial charge in [-0.05, 0) is 0 Å². The van der Waals surface area contributed by atoms with Crippen molar-refractivity contribution >= 4 is 16.9 Å². The molecular weight excluding hydrogens is 320 g/mol. The Morgan fingerprint density at radius 2 is 2.08 bits per heavy atom. The second-order valence-corrected chi connectivity index (χ2v) is 5.57. The van der Waals surface area contributed by atoms with Crippen LogP contribution in [-0.2, 0) is 11.3 Å². The first-order valence-corrected chi connectivity index (χ1v) is 7.27. The van der Waals surface area contributed by atoms with Crippen LogP contribution in [-0.4, -0.2) is 54.4 Å². The molecule has 2 unspecified atom stereocenters. The normalized spacial score (nSPS) is 27.0. The number of hydrogen-bond acceptors (Lipinski definition) is 7. The number of ether oxygens (including phenoxy) is 1. The minimum Gasteiger partial charge on any atom is -0.394 e. The van der Waals surface area contributed by atoms with Crippen LogP contribution in [0.1, 0.15) is 6.23 Å². The highest BCUT2D eigenvalue weighted by molar-refractivity contribution is 5.77. The molecule has 130 valence electrons. The summed E-state index contributed by atoms with van der Waals surface area (Å²) in [5.41, 5.74) is 4.64. The number of aromatic amines is 1. The fourth-order valence-electron chi connectivity index (χ4n) is 2.97. The third-order valence-corrected chi connectivity index (χ3v) is 4.06. The summed E-state index contributed by atoms with van der Waals surface area (Å²) in [6.07, 6.45) is -3.70. The Balaban J connectivity index is 2.29. The van der Waals surface area contributed by atoms with E-state index in [1.54, 1.807) is 0 Å². The monoisotopic (exact) mass is 338 g/mol. The largest absolute Gasteiger partial charge is 0.394 e. The fraction of sp³-hybridized carbons (Fsp3) is 0.429. The number of pyridine rings is 1. The molecule has 4 atom stereocenters. The number of nitrogens with two attached hydrogens (primary N) is 1. The molecule has 10 heteroatoms. The van der Waals surface area contributed by atoms with E-state index in [0.717, 1.165) is 9.13 Å². The minimum absolute atomic E-state index is 0.0312. The number of nitrogens with zero attached hydrogens (tertiary/aromatic N) is 2. The number of hydrogen-bond donors (Lipinski definition) is 5. The summed E-state index contributed by atoms with van der Waals surface area (Å²) in [5, 5.41) is 29.3. The molecule has 10 nitrogen and oxygen atoms in total. The first kappa shape index (κ1) is 16.5. The lowest BCUT2D eigenvalue weighted by molar-refractivity contribution is -0.0525. The lowest BCUT2D eigenvalue weighted by atomic mass is 10.1. The van der Waals surface area contributed by atoms with Gasteiger partial charge in [0.05, 0.1) is 12.1 Å². The highest BCUT2D eigenvalue weighted by Gasteiger charge is 2.44. The zero-order valence-corrected chi connectivity index (χ0v) is 12.6. The van der Waals surface area contributed by atoms with Gasteiger partial charge in [-0.15, -0.1) is 6.58 Å². The van der Waals surface area contributed by atoms with Crippen LogP contribution in [0, 0.1) is 0 Å². The molecular formula is C14H18N4O6. The van der Waals surface area contributed by atoms with Gasteiger partial charge in [0.25, 0.3) is 5.56 Å². The molecule has 1 aliphatic rings. The van der Waals surface area contributed by atoms with Crippen molar-refractivity contribution in [3.8, 4) is 0 Å². The number of aliphatic hydroxyl groups is 3. The van der Waals surface area contributed by atoms with Gasteiger partial charge < -0.3 is 30.8 Å². The average Bonchev–Trinajstić information content (AvgIpc) is 2.96. The zero-order chi connectivity index (χ0) is 17.6. The van der Waals surface area contributed by atoms with Crippen molar-refractivity contribution in [2.45, 2.75) is 31.1 Å². The average molecular weight is 338 g/mol. The molecule has 0 saturated carbocycles. The summed E-state index contributed by atoms with van der Waals surface area (Å²) in [7, 11) is 0. The van der Waals surface area contributed by atoms with Crippen molar-refractivity contribution in [2.24, 2.45) is 0 Å². The molecule has 0 aliphatic carbocycles. The van der Waals surface area contributed by atoms with E-state index in [2.05, 4.69) is 11.6 Å². The molecule has 0 amide bonds. The van der Waals surface area contributed by atoms with Crippen LogP contribution in [0.3, 0.4) is 0 Å². The molecule has 24 heavy (non-hydrogen) atoms. The van der Waals surface area contributed by atoms with Crippen LogP contribution in [0.5, 0.6) is 0 Å². The molecule has 3 heterocycles. The third kappa shape index (κ3) is 2.27. The molecule has 1 fully saturated rings. The molecule has 2 aromatic heterocycles. The number of aromatic nitrogens is 3. The van der Waals surface area contributed by atoms with Crippen molar-refractivity contribution < 1.29 is 20.1 Å². The van der Waals surface area contributed by atoms with Crippen LogP contribution in [0.15, 0.2) is 28.3 Å². The van der Waals surface area contributed by atoms with Crippen LogP contribution < -0.4 is 17.0 Å². The van der Waals surface area contributed by atoms with E-state index in [0.29, 0.717) is 0 Å². The standard InChI is InChI=1S/C14H18N4O6/c1-2-3-17-9-6(4-8(15)16-12(9)22)18(14(17)23)13-11(21)10(20)7(5-19)24-13/h2,4,7,10-11,13,19-21H,1,3,5H2,(H3,15,16,22)/t7-,10?,11?,13-/m1/s1. The van der Waals surface area contributed by atoms with Gasteiger partial charge in [-0.25, -0.2) is 4.79 Å². The number of anilines is 1. The lowest BCUT2D eigenvalue weighted by Crippen LogP contribution is -2.35. The SMILES string of the molecule is C=CCn1c(=O)n([C@@H]2O[C@H](CO)C(O)C2O)c2cc(N)[nH]c(=O)c21. The Morgan fingerprint density at radius 3 is 2.67 bits per heavy atom. The highest BCUT2D eigenvalue weighted by atomic mass is 16.6. The van der Waals surface area contributed by atoms with E-state index < -0.39 is 42.4 Å². The van der Waals surface area contributed by atoms with Crippen molar-refractivity contribution in [3.05, 3.63) is 39.6 Å². The number of rotatable bonds is 4. The van der Waals surface area contributed by atoms with Crippen LogP contribution in [0.4, 0.5) is 5.82 Å². The van der Waals surface area contributed by atoms with Crippen molar-refractivity contribution in [1.29, 1.82) is 0 Å². The summed E-state index contributed by atoms with van der Waals surface area (Å²) in [6.45, 7) is 3.08. The molecule has 2 aromatic rings. The summed E-state index contributed by atoms with van der Waals surface area (Å²) in [4.78, 5) is 27.3. The second-order valence-electron chi connectivity index (χ2n) is 5.57. The number of aliphatic hydroxyl groups excluding tert-OH is 3. The zero-order valence-electron chi connectivity index (χ0n) is 12.6. The topological polar surface area (TPSA) is 156 Å². The molecule has 1 aliphatic heterocycles. The van der Waals surface area contributed by atoms with Crippen LogP contribution in [0.2, 0.25) is 0 Å². The van der Waals surface area contributed by atoms with Gasteiger partial charge in [-0.2, -0.15) is 0 Å². The van der Waals surface area contributed by atoms with E-state index in [9.17, 15) is 24.9 Å². The van der Waals surface area contributed by atoms with E-state index in [4.69, 9.17) is 10.5 Å². The number of allylic oxidation sites excluding steroid dienone is 1. The predicted octanol–water partition coefficient (Wildman–Crippen LogP) is -2.13. The van der Waals surface area contributed by atoms with Gasteiger partial charge in [0.15, 0.2) is 6.23 Å². The van der Waals surface area contributed by atoms with Crippen molar-refractivity contribution in [3.63, 3.8) is 0 Å². The quantitative estimate of drug-likeness (QED) is 0.399. The minimum atomic E-state index is -1.46. The Morgan fingerprint density at radius 1 is 1.38 bits per heavy atom. The number of nitrogen functional groups attached to an aromatic ring is 1. The molecule has 0 aromatic carbocycles. The smallest absolute Gasteiger partial charge is 0.331 e.